The minimum Gasteiger partial charge on any atom is -0.481 e. The van der Waals surface area contributed by atoms with Crippen molar-refractivity contribution in [2.75, 3.05) is 13.2 Å². The molecule has 0 aromatic rings. The number of carboxylic acid groups (broad SMARTS) is 3. The summed E-state index contributed by atoms with van der Waals surface area (Å²) in [5.74, 6) is -18.4. The number of nitrogens with two attached hydrogens (primary N) is 3. The molecule has 12 amide bonds. The molecule has 0 saturated heterocycles. The maximum absolute atomic E-state index is 13.8. The highest BCUT2D eigenvalue weighted by atomic mass is 16.4. The molecule has 22 N–H and O–H groups in total. The van der Waals surface area contributed by atoms with Crippen molar-refractivity contribution in [3.8, 4) is 0 Å². The van der Waals surface area contributed by atoms with Crippen LogP contribution in [0.25, 0.3) is 0 Å². The molecule has 0 aliphatic rings. The first kappa shape index (κ1) is 79.9. The molecule has 0 heterocycles. The van der Waals surface area contributed by atoms with Gasteiger partial charge in [-0.3, -0.25) is 67.1 Å². The quantitative estimate of drug-likeness (QED) is 0.0253. The summed E-state index contributed by atoms with van der Waals surface area (Å²) in [6.45, 7) is 15.2. The van der Waals surface area contributed by atoms with Crippen LogP contribution in [0.5, 0.6) is 0 Å². The zero-order valence-corrected chi connectivity index (χ0v) is 51.7. The summed E-state index contributed by atoms with van der Waals surface area (Å²) < 4.78 is 0. The number of amides is 12. The summed E-state index contributed by atoms with van der Waals surface area (Å²) >= 11 is 0. The van der Waals surface area contributed by atoms with Gasteiger partial charge in [-0.05, 0) is 89.5 Å². The molecule has 0 aromatic carbocycles. The second kappa shape index (κ2) is 39.6. The Labute approximate surface area is 510 Å². The summed E-state index contributed by atoms with van der Waals surface area (Å²) in [6, 6.07) is -18.2. The van der Waals surface area contributed by atoms with Crippen LogP contribution in [0.2, 0.25) is 0 Å². The fourth-order valence-corrected chi connectivity index (χ4v) is 8.16. The van der Waals surface area contributed by atoms with Crippen LogP contribution in [0, 0.1) is 23.7 Å². The van der Waals surface area contributed by atoms with Crippen molar-refractivity contribution in [2.24, 2.45) is 40.9 Å². The number of hydrogen-bond acceptors (Lipinski definition) is 19. The van der Waals surface area contributed by atoms with E-state index in [0.717, 1.165) is 6.92 Å². The van der Waals surface area contributed by atoms with E-state index in [1.54, 1.807) is 27.7 Å². The van der Waals surface area contributed by atoms with Gasteiger partial charge in [0.05, 0.1) is 25.2 Å². The minimum absolute atomic E-state index is 0.0145. The number of aliphatic carboxylic acids is 3. The molecule has 0 aromatic heterocycles. The molecule has 500 valence electrons. The molecule has 34 nitrogen and oxygen atoms in total. The second-order valence-corrected chi connectivity index (χ2v) is 22.8. The number of rotatable bonds is 42. The first-order valence-corrected chi connectivity index (χ1v) is 28.8. The third-order valence-electron chi connectivity index (χ3n) is 13.4. The molecule has 13 unspecified atom stereocenters. The van der Waals surface area contributed by atoms with E-state index in [0.29, 0.717) is 6.42 Å². The number of nitrogens with one attached hydrogen (secondary N) is 11. The molecule has 0 rings (SSSR count). The van der Waals surface area contributed by atoms with Gasteiger partial charge in [-0.1, -0.05) is 55.4 Å². The average Bonchev–Trinajstić information content (AvgIpc) is 3.63. The van der Waals surface area contributed by atoms with Gasteiger partial charge in [-0.15, -0.1) is 0 Å². The van der Waals surface area contributed by atoms with Gasteiger partial charge in [0.15, 0.2) is 0 Å². The van der Waals surface area contributed by atoms with Gasteiger partial charge in [0.1, 0.15) is 66.5 Å². The predicted molar refractivity (Wildman–Crippen MR) is 311 cm³/mol. The van der Waals surface area contributed by atoms with Gasteiger partial charge in [-0.2, -0.15) is 0 Å². The maximum Gasteiger partial charge on any atom is 0.326 e. The number of carbonyl (C=O) groups is 15. The van der Waals surface area contributed by atoms with Crippen molar-refractivity contribution < 1.29 is 97.5 Å². The van der Waals surface area contributed by atoms with Crippen LogP contribution < -0.4 is 75.7 Å². The first-order valence-electron chi connectivity index (χ1n) is 28.8. The second-order valence-electron chi connectivity index (χ2n) is 22.8. The van der Waals surface area contributed by atoms with Crippen LogP contribution in [0.3, 0.4) is 0 Å². The van der Waals surface area contributed by atoms with Gasteiger partial charge >= 0.3 is 17.9 Å². The van der Waals surface area contributed by atoms with Crippen LogP contribution in [0.15, 0.2) is 0 Å². The zero-order chi connectivity index (χ0) is 68.0. The molecule has 0 aliphatic carbocycles. The van der Waals surface area contributed by atoms with Crippen LogP contribution >= 0.6 is 0 Å². The van der Waals surface area contributed by atoms with Gasteiger partial charge < -0.3 is 101 Å². The summed E-state index contributed by atoms with van der Waals surface area (Å²) in [5, 5.41) is 74.7. The van der Waals surface area contributed by atoms with Crippen molar-refractivity contribution >= 4 is 88.8 Å². The minimum atomic E-state index is -1.78. The third-order valence-corrected chi connectivity index (χ3v) is 13.4. The Balaban J connectivity index is 6.22. The summed E-state index contributed by atoms with van der Waals surface area (Å²) in [4.78, 5) is 195. The lowest BCUT2D eigenvalue weighted by molar-refractivity contribution is -0.144. The number of hydrogen-bond donors (Lipinski definition) is 19. The molecular weight excluding hydrogens is 1160 g/mol. The lowest BCUT2D eigenvalue weighted by Crippen LogP contribution is -2.62. The highest BCUT2D eigenvalue weighted by Crippen LogP contribution is 2.12. The summed E-state index contributed by atoms with van der Waals surface area (Å²) in [5.41, 5.74) is 16.7. The molecule has 0 fully saturated rings. The SMILES string of the molecule is CC(C)CC(NC(=O)C(C)NC(=O)C(NC(=O)C(NC(=O)C(C)NC(=O)C(CO)NC(=O)C(CCCCN)NC(=O)C(CCC(=O)O)NC(=O)C(N)CCC(=O)O)C(C)C)C(C)O)C(=O)NC(C(=O)NC(CC(N)=O)C(=O)NC(C(=O)O)C(C)C)C(C)C. The van der Waals surface area contributed by atoms with E-state index in [1.807, 2.05) is 0 Å². The van der Waals surface area contributed by atoms with Crippen molar-refractivity contribution in [1.29, 1.82) is 0 Å². The lowest BCUT2D eigenvalue weighted by Gasteiger charge is -2.29. The number of aliphatic hydroxyl groups excluding tert-OH is 2. The molecule has 88 heavy (non-hydrogen) atoms. The van der Waals surface area contributed by atoms with E-state index in [2.05, 4.69) is 58.5 Å². The highest BCUT2D eigenvalue weighted by molar-refractivity contribution is 6.00. The van der Waals surface area contributed by atoms with E-state index in [1.165, 1.54) is 41.5 Å². The standard InChI is InChI=1S/C54H94N14O20/c1-23(2)20-33(48(81)66-39(24(3)4)51(84)63-34(21-36(57)71)49(82)67-41(26(7)8)54(87)88)62-43(76)27(9)59-53(86)42(29(11)70)68-52(85)40(25(5)6)65-44(77)28(10)58-50(83)35(22-69)64-46(79)31(14-12-13-19-55)61-47(80)32(16-18-38(74)75)60-45(78)30(56)15-17-37(72)73/h23-35,39-42,69-70H,12-22,55-56H2,1-11H3,(H2,57,71)(H,58,83)(H,59,86)(H,60,78)(H,61,80)(H,62,76)(H,63,84)(H,64,79)(H,65,77)(H,66,81)(H,67,82)(H,68,85)(H,72,73)(H,74,75)(H,87,88). The van der Waals surface area contributed by atoms with Crippen LogP contribution in [0.1, 0.15) is 134 Å². The Morgan fingerprint density at radius 3 is 1.22 bits per heavy atom. The van der Waals surface area contributed by atoms with E-state index in [9.17, 15) is 92.3 Å². The summed E-state index contributed by atoms with van der Waals surface area (Å²) in [7, 11) is 0. The number of primary amides is 1. The average molecular weight is 1260 g/mol. The fraction of sp³-hybridized carbons (Fsp3) is 0.722. The van der Waals surface area contributed by atoms with E-state index < -0.39 is 217 Å². The Bertz CT molecular complexity index is 2440. The lowest BCUT2D eigenvalue weighted by atomic mass is 9.99. The van der Waals surface area contributed by atoms with Crippen molar-refractivity contribution in [1.82, 2.24) is 58.5 Å². The molecule has 13 atom stereocenters. The van der Waals surface area contributed by atoms with Crippen molar-refractivity contribution in [2.45, 2.75) is 213 Å². The van der Waals surface area contributed by atoms with Crippen LogP contribution in [-0.2, 0) is 71.9 Å². The summed E-state index contributed by atoms with van der Waals surface area (Å²) in [6.07, 6.45) is -3.86. The van der Waals surface area contributed by atoms with Crippen LogP contribution in [-0.4, -0.2) is 206 Å². The first-order chi connectivity index (χ1) is 40.8. The van der Waals surface area contributed by atoms with Crippen molar-refractivity contribution in [3.05, 3.63) is 0 Å². The molecule has 0 spiro atoms. The number of carboxylic acids is 3. The van der Waals surface area contributed by atoms with E-state index in [-0.39, 0.29) is 38.1 Å². The van der Waals surface area contributed by atoms with Gasteiger partial charge in [0.2, 0.25) is 70.9 Å². The normalized spacial score (nSPS) is 15.7. The molecule has 0 radical (unpaired) electrons. The van der Waals surface area contributed by atoms with Gasteiger partial charge in [-0.25, -0.2) is 4.79 Å². The molecule has 0 bridgehead atoms. The van der Waals surface area contributed by atoms with E-state index >= 15 is 0 Å². The largest absolute Gasteiger partial charge is 0.481 e. The number of carbonyl (C=O) groups excluding carboxylic acids is 12. The Kier molecular flexibility index (Phi) is 36.0. The van der Waals surface area contributed by atoms with Gasteiger partial charge in [0, 0.05) is 12.8 Å². The van der Waals surface area contributed by atoms with Crippen LogP contribution in [0.4, 0.5) is 0 Å². The third kappa shape index (κ3) is 29.5. The smallest absolute Gasteiger partial charge is 0.326 e. The Morgan fingerprint density at radius 1 is 0.398 bits per heavy atom. The molecular formula is C54H94N14O20. The molecule has 0 aliphatic heterocycles. The topological polar surface area (TPSA) is 568 Å². The highest BCUT2D eigenvalue weighted by Gasteiger charge is 2.38. The Hall–Kier alpha value is -8.11. The number of aliphatic hydroxyl groups is 2. The fourth-order valence-electron chi connectivity index (χ4n) is 8.16. The predicted octanol–water partition coefficient (Wildman–Crippen LogP) is -6.11. The number of unbranched alkanes of at least 4 members (excludes halogenated alkanes) is 1. The molecule has 0 saturated carbocycles. The monoisotopic (exact) mass is 1260 g/mol. The van der Waals surface area contributed by atoms with E-state index in [4.69, 9.17) is 22.3 Å². The van der Waals surface area contributed by atoms with Gasteiger partial charge in [0.25, 0.3) is 0 Å². The Morgan fingerprint density at radius 2 is 0.761 bits per heavy atom. The van der Waals surface area contributed by atoms with Crippen molar-refractivity contribution in [3.63, 3.8) is 0 Å². The maximum atomic E-state index is 13.8. The molecule has 34 heteroatoms. The zero-order valence-electron chi connectivity index (χ0n) is 51.7.